The minimum Gasteiger partial charge on any atom is -0.310 e. The number of benzene rings is 16. The number of aromatic nitrogens is 1. The van der Waals surface area contributed by atoms with Crippen molar-refractivity contribution in [1.82, 2.24) is 4.57 Å². The van der Waals surface area contributed by atoms with Gasteiger partial charge in [0, 0.05) is 72.5 Å². The maximum absolute atomic E-state index is 2.41. The molecule has 1 aliphatic carbocycles. The third-order valence-corrected chi connectivity index (χ3v) is 19.8. The Morgan fingerprint density at radius 1 is 0.222 bits per heavy atom. The molecule has 0 aliphatic heterocycles. The average molecular weight is 1270 g/mol. The summed E-state index contributed by atoms with van der Waals surface area (Å²) in [6.45, 7) is 4.70. The molecule has 0 fully saturated rings. The first-order valence-corrected chi connectivity index (χ1v) is 34.1. The standard InChI is InChI=1S/C51H38N2.C44H32N2/c1-51(2)47-19-11-9-17-43(47)44-31-30-42(34-48(44)51)52(40-26-21-36(22-27-40)35-13-5-3-6-14-35)41-28-23-37(24-29-41)38-25-32-50-46(33-38)45-18-10-12-20-49(45)53(50)39-15-7-4-8-16-39;1-3-17-37(18-4-1)45(43-23-11-15-35-13-7-9-21-41(35)43)39-29-25-33(26-30-39)34-27-31-40(32-28-34)46(38-19-5-2-6-20-38)44-24-12-16-36-14-8-10-22-42(36)44/h3-34H,1-2H3;1-32H. The molecule has 0 bridgehead atoms. The van der Waals surface area contributed by atoms with Crippen molar-refractivity contribution in [3.63, 3.8) is 0 Å². The molecule has 0 spiro atoms. The van der Waals surface area contributed by atoms with E-state index in [1.165, 1.54) is 105 Å². The van der Waals surface area contributed by atoms with E-state index >= 15 is 0 Å². The van der Waals surface area contributed by atoms with E-state index in [-0.39, 0.29) is 5.41 Å². The SMILES string of the molecule is CC1(C)c2ccccc2-c2ccc(N(c3ccc(-c4ccccc4)cc3)c3ccc(-c4ccc5c(c4)c4ccccc4n5-c4ccccc4)cc3)cc21.c1ccc(N(c2ccc(-c3ccc(N(c4ccccc4)c4cccc5ccccc45)cc3)cc2)c2cccc3ccccc23)cc1. The lowest BCUT2D eigenvalue weighted by Crippen LogP contribution is -2.16. The molecule has 0 saturated heterocycles. The van der Waals surface area contributed by atoms with Gasteiger partial charge in [0.05, 0.1) is 22.4 Å². The summed E-state index contributed by atoms with van der Waals surface area (Å²) < 4.78 is 2.37. The molecule has 470 valence electrons. The number of para-hydroxylation sites is 4. The van der Waals surface area contributed by atoms with Gasteiger partial charge in [-0.3, -0.25) is 0 Å². The summed E-state index contributed by atoms with van der Waals surface area (Å²) in [4.78, 5) is 7.09. The first-order valence-electron chi connectivity index (χ1n) is 34.1. The van der Waals surface area contributed by atoms with Crippen LogP contribution >= 0.6 is 0 Å². The van der Waals surface area contributed by atoms with Crippen molar-refractivity contribution < 1.29 is 0 Å². The van der Waals surface area contributed by atoms with Gasteiger partial charge >= 0.3 is 0 Å². The van der Waals surface area contributed by atoms with Crippen LogP contribution in [-0.4, -0.2) is 4.57 Å². The first kappa shape index (κ1) is 59.9. The topological polar surface area (TPSA) is 14.7 Å². The van der Waals surface area contributed by atoms with Gasteiger partial charge in [0.2, 0.25) is 0 Å². The summed E-state index contributed by atoms with van der Waals surface area (Å²) in [7, 11) is 0. The van der Waals surface area contributed by atoms with Crippen molar-refractivity contribution in [3.8, 4) is 50.2 Å². The Balaban J connectivity index is 0.000000150. The molecule has 0 amide bonds. The highest BCUT2D eigenvalue weighted by Crippen LogP contribution is 2.51. The van der Waals surface area contributed by atoms with Crippen molar-refractivity contribution in [3.05, 3.63) is 399 Å². The molecule has 16 aromatic carbocycles. The summed E-state index contributed by atoms with van der Waals surface area (Å²) >= 11 is 0. The van der Waals surface area contributed by atoms with Gasteiger partial charge in [-0.15, -0.1) is 0 Å². The van der Waals surface area contributed by atoms with Crippen LogP contribution in [0.25, 0.3) is 93.5 Å². The monoisotopic (exact) mass is 1270 g/mol. The van der Waals surface area contributed by atoms with Gasteiger partial charge in [-0.2, -0.15) is 0 Å². The Labute approximate surface area is 579 Å². The number of rotatable bonds is 13. The maximum atomic E-state index is 2.41. The molecule has 0 unspecified atom stereocenters. The highest BCUT2D eigenvalue weighted by Gasteiger charge is 2.36. The fraction of sp³-hybridized carbons (Fsp3) is 0.0316. The van der Waals surface area contributed by atoms with Gasteiger partial charge in [-0.05, 0) is 194 Å². The van der Waals surface area contributed by atoms with E-state index in [0.29, 0.717) is 0 Å². The zero-order chi connectivity index (χ0) is 66.2. The number of hydrogen-bond donors (Lipinski definition) is 0. The molecule has 4 nitrogen and oxygen atoms in total. The zero-order valence-corrected chi connectivity index (χ0v) is 55.2. The van der Waals surface area contributed by atoms with Crippen LogP contribution in [0, 0.1) is 0 Å². The largest absolute Gasteiger partial charge is 0.310 e. The molecular formula is C95H70N4. The van der Waals surface area contributed by atoms with Crippen LogP contribution < -0.4 is 14.7 Å². The molecule has 17 aromatic rings. The molecule has 0 atom stereocenters. The van der Waals surface area contributed by atoms with Gasteiger partial charge in [0.1, 0.15) is 0 Å². The van der Waals surface area contributed by atoms with Crippen molar-refractivity contribution >= 4 is 94.5 Å². The normalized spacial score (nSPS) is 12.0. The summed E-state index contributed by atoms with van der Waals surface area (Å²) in [5.41, 5.74) is 26.3. The Bertz CT molecular complexity index is 5550. The Kier molecular flexibility index (Phi) is 15.6. The quantitative estimate of drug-likeness (QED) is 0.114. The smallest absolute Gasteiger partial charge is 0.0541 e. The van der Waals surface area contributed by atoms with Crippen LogP contribution in [0.15, 0.2) is 388 Å². The van der Waals surface area contributed by atoms with Gasteiger partial charge in [-0.25, -0.2) is 0 Å². The Morgan fingerprint density at radius 2 is 0.586 bits per heavy atom. The number of anilines is 9. The number of hydrogen-bond acceptors (Lipinski definition) is 3. The van der Waals surface area contributed by atoms with Crippen molar-refractivity contribution in [2.45, 2.75) is 19.3 Å². The first-order chi connectivity index (χ1) is 48.9. The van der Waals surface area contributed by atoms with Gasteiger partial charge in [0.15, 0.2) is 0 Å². The van der Waals surface area contributed by atoms with Crippen LogP contribution in [0.4, 0.5) is 51.2 Å². The summed E-state index contributed by atoms with van der Waals surface area (Å²) in [6.07, 6.45) is 0. The highest BCUT2D eigenvalue weighted by molar-refractivity contribution is 6.11. The van der Waals surface area contributed by atoms with Gasteiger partial charge < -0.3 is 19.3 Å². The predicted molar refractivity (Wildman–Crippen MR) is 420 cm³/mol. The number of fused-ring (bicyclic) bond motifs is 8. The van der Waals surface area contributed by atoms with Crippen LogP contribution in [0.1, 0.15) is 25.0 Å². The van der Waals surface area contributed by atoms with Crippen LogP contribution in [0.3, 0.4) is 0 Å². The van der Waals surface area contributed by atoms with E-state index in [2.05, 4.69) is 421 Å². The molecule has 0 radical (unpaired) electrons. The van der Waals surface area contributed by atoms with Gasteiger partial charge in [0.25, 0.3) is 0 Å². The lowest BCUT2D eigenvalue weighted by Gasteiger charge is -2.28. The van der Waals surface area contributed by atoms with E-state index in [1.807, 2.05) is 0 Å². The summed E-state index contributed by atoms with van der Waals surface area (Å²) in [5.74, 6) is 0. The third-order valence-electron chi connectivity index (χ3n) is 19.8. The molecule has 99 heavy (non-hydrogen) atoms. The molecule has 0 saturated carbocycles. The van der Waals surface area contributed by atoms with E-state index < -0.39 is 0 Å². The summed E-state index contributed by atoms with van der Waals surface area (Å²) in [5, 5.41) is 7.42. The Morgan fingerprint density at radius 3 is 1.12 bits per heavy atom. The maximum Gasteiger partial charge on any atom is 0.0541 e. The molecular weight excluding hydrogens is 1200 g/mol. The third kappa shape index (κ3) is 11.2. The lowest BCUT2D eigenvalue weighted by molar-refractivity contribution is 0.660. The second-order valence-corrected chi connectivity index (χ2v) is 26.0. The second-order valence-electron chi connectivity index (χ2n) is 26.0. The van der Waals surface area contributed by atoms with Crippen molar-refractivity contribution in [2.24, 2.45) is 0 Å². The van der Waals surface area contributed by atoms with E-state index in [0.717, 1.165) is 51.2 Å². The van der Waals surface area contributed by atoms with Crippen molar-refractivity contribution in [1.29, 1.82) is 0 Å². The molecule has 1 aromatic heterocycles. The van der Waals surface area contributed by atoms with E-state index in [1.54, 1.807) is 0 Å². The minimum atomic E-state index is -0.0864. The summed E-state index contributed by atoms with van der Waals surface area (Å²) in [6, 6.07) is 140. The minimum absolute atomic E-state index is 0.0864. The molecule has 0 N–H and O–H groups in total. The zero-order valence-electron chi connectivity index (χ0n) is 55.2. The van der Waals surface area contributed by atoms with Crippen LogP contribution in [-0.2, 0) is 5.41 Å². The Hall–Kier alpha value is -12.8. The molecule has 1 aliphatic rings. The van der Waals surface area contributed by atoms with Crippen LogP contribution in [0.5, 0.6) is 0 Å². The number of nitrogens with zero attached hydrogens (tertiary/aromatic N) is 4. The predicted octanol–water partition coefficient (Wildman–Crippen LogP) is 26.5. The molecule has 1 heterocycles. The molecule has 4 heteroatoms. The van der Waals surface area contributed by atoms with Gasteiger partial charge in [-0.1, -0.05) is 275 Å². The van der Waals surface area contributed by atoms with E-state index in [9.17, 15) is 0 Å². The van der Waals surface area contributed by atoms with Crippen molar-refractivity contribution in [2.75, 3.05) is 14.7 Å². The van der Waals surface area contributed by atoms with E-state index in [4.69, 9.17) is 0 Å². The average Bonchev–Trinajstić information content (AvgIpc) is 1.59. The second kappa shape index (κ2) is 25.8. The fourth-order valence-electron chi connectivity index (χ4n) is 14.9. The fourth-order valence-corrected chi connectivity index (χ4v) is 14.9. The molecule has 18 rings (SSSR count). The van der Waals surface area contributed by atoms with Crippen LogP contribution in [0.2, 0.25) is 0 Å². The lowest BCUT2D eigenvalue weighted by atomic mass is 9.82. The highest BCUT2D eigenvalue weighted by atomic mass is 15.2.